The van der Waals surface area contributed by atoms with Crippen molar-refractivity contribution in [2.75, 3.05) is 0 Å². The van der Waals surface area contributed by atoms with Gasteiger partial charge in [0.05, 0.1) is 12.3 Å². The quantitative estimate of drug-likeness (QED) is 0.273. The molecule has 0 bridgehead atoms. The highest BCUT2D eigenvalue weighted by Crippen LogP contribution is 2.31. The molecule has 0 atom stereocenters. The van der Waals surface area contributed by atoms with Crippen molar-refractivity contribution < 1.29 is 4.42 Å². The number of rotatable bonds is 6. The molecule has 30 heavy (non-hydrogen) atoms. The summed E-state index contributed by atoms with van der Waals surface area (Å²) >= 11 is 5.22. The summed E-state index contributed by atoms with van der Waals surface area (Å²) in [5.74, 6) is 2.08. The maximum atomic E-state index is 5.86. The molecule has 0 N–H and O–H groups in total. The molecule has 0 radical (unpaired) electrons. The summed E-state index contributed by atoms with van der Waals surface area (Å²) in [5.41, 5.74) is 3.87. The average molecular weight is 477 g/mol. The molecule has 0 fully saturated rings. The molecule has 7 heteroatoms. The van der Waals surface area contributed by atoms with Crippen molar-refractivity contribution in [2.24, 2.45) is 0 Å². The molecule has 0 saturated carbocycles. The van der Waals surface area contributed by atoms with Crippen LogP contribution in [-0.4, -0.2) is 19.7 Å². The van der Waals surface area contributed by atoms with Crippen LogP contribution >= 0.6 is 27.7 Å². The molecular weight excluding hydrogens is 460 g/mol. The van der Waals surface area contributed by atoms with Crippen LogP contribution in [0.15, 0.2) is 92.9 Å². The van der Waals surface area contributed by atoms with E-state index in [1.54, 1.807) is 11.8 Å². The van der Waals surface area contributed by atoms with E-state index in [2.05, 4.69) is 47.8 Å². The molecule has 0 aliphatic rings. The first-order valence-corrected chi connectivity index (χ1v) is 11.2. The molecule has 0 unspecified atom stereocenters. The number of aromatic nitrogens is 4. The average Bonchev–Trinajstić information content (AvgIpc) is 3.37. The van der Waals surface area contributed by atoms with Gasteiger partial charge in [-0.05, 0) is 23.8 Å². The second-order valence-electron chi connectivity index (χ2n) is 6.72. The van der Waals surface area contributed by atoms with Crippen LogP contribution in [0, 0.1) is 0 Å². The number of halogens is 1. The fraction of sp³-hybridized carbons (Fsp3) is 0.0870. The van der Waals surface area contributed by atoms with Crippen LogP contribution in [0.1, 0.15) is 11.5 Å². The van der Waals surface area contributed by atoms with Gasteiger partial charge in [-0.25, -0.2) is 4.98 Å². The zero-order chi connectivity index (χ0) is 20.3. The predicted molar refractivity (Wildman–Crippen MR) is 122 cm³/mol. The van der Waals surface area contributed by atoms with Crippen LogP contribution in [0.25, 0.3) is 22.5 Å². The van der Waals surface area contributed by atoms with Crippen LogP contribution in [0.2, 0.25) is 0 Å². The molecule has 0 aliphatic heterocycles. The second kappa shape index (κ2) is 8.45. The number of hydrogen-bond acceptors (Lipinski definition) is 5. The minimum Gasteiger partial charge on any atom is -0.440 e. The largest absolute Gasteiger partial charge is 0.440 e. The number of nitrogens with zero attached hydrogens (tertiary/aromatic N) is 4. The number of hydrogen-bond donors (Lipinski definition) is 0. The molecule has 5 aromatic rings. The monoisotopic (exact) mass is 476 g/mol. The number of benzene rings is 3. The van der Waals surface area contributed by atoms with E-state index in [0.717, 1.165) is 32.1 Å². The van der Waals surface area contributed by atoms with E-state index in [0.29, 0.717) is 18.2 Å². The van der Waals surface area contributed by atoms with Gasteiger partial charge < -0.3 is 4.42 Å². The van der Waals surface area contributed by atoms with Gasteiger partial charge in [-0.1, -0.05) is 88.4 Å². The first-order chi connectivity index (χ1) is 14.8. The molecule has 148 valence electrons. The maximum absolute atomic E-state index is 5.86. The zero-order valence-electron chi connectivity index (χ0n) is 15.9. The molecule has 5 rings (SSSR count). The van der Waals surface area contributed by atoms with Crippen molar-refractivity contribution >= 4 is 38.8 Å². The maximum Gasteiger partial charge on any atom is 0.205 e. The van der Waals surface area contributed by atoms with Crippen LogP contribution in [0.5, 0.6) is 0 Å². The third-order valence-corrected chi connectivity index (χ3v) is 6.32. The predicted octanol–water partition coefficient (Wildman–Crippen LogP) is 6.19. The van der Waals surface area contributed by atoms with E-state index in [-0.39, 0.29) is 0 Å². The Labute approximate surface area is 186 Å². The van der Waals surface area contributed by atoms with Crippen LogP contribution < -0.4 is 0 Å². The first kappa shape index (κ1) is 19.1. The van der Waals surface area contributed by atoms with E-state index in [4.69, 9.17) is 4.42 Å². The third kappa shape index (κ3) is 3.91. The van der Waals surface area contributed by atoms with E-state index in [9.17, 15) is 0 Å². The first-order valence-electron chi connectivity index (χ1n) is 9.47. The highest BCUT2D eigenvalue weighted by Gasteiger charge is 2.17. The van der Waals surface area contributed by atoms with E-state index in [1.165, 1.54) is 5.56 Å². The van der Waals surface area contributed by atoms with Crippen LogP contribution in [-0.2, 0) is 12.3 Å². The molecule has 2 heterocycles. The van der Waals surface area contributed by atoms with Crippen molar-refractivity contribution in [1.29, 1.82) is 0 Å². The standard InChI is InChI=1S/C23H17BrN4OS/c24-18-11-5-4-10-17(18)22-26-27-23(28(22)14-16-8-2-1-3-9-16)30-15-21-25-19-12-6-7-13-20(19)29-21/h1-13H,14-15H2. The lowest BCUT2D eigenvalue weighted by Crippen LogP contribution is -2.04. The highest BCUT2D eigenvalue weighted by atomic mass is 79.9. The number of thioether (sulfide) groups is 1. The molecule has 3 aromatic carbocycles. The Morgan fingerprint density at radius 3 is 2.47 bits per heavy atom. The van der Waals surface area contributed by atoms with Gasteiger partial charge in [0.25, 0.3) is 0 Å². The zero-order valence-corrected chi connectivity index (χ0v) is 18.3. The van der Waals surface area contributed by atoms with Crippen LogP contribution in [0.3, 0.4) is 0 Å². The number of fused-ring (bicyclic) bond motifs is 1. The second-order valence-corrected chi connectivity index (χ2v) is 8.52. The van der Waals surface area contributed by atoms with Gasteiger partial charge >= 0.3 is 0 Å². The summed E-state index contributed by atoms with van der Waals surface area (Å²) in [6.07, 6.45) is 0. The lowest BCUT2D eigenvalue weighted by Gasteiger charge is -2.11. The summed E-state index contributed by atoms with van der Waals surface area (Å²) in [6.45, 7) is 0.681. The van der Waals surface area contributed by atoms with Crippen molar-refractivity contribution in [3.8, 4) is 11.4 Å². The number of oxazole rings is 1. The highest BCUT2D eigenvalue weighted by molar-refractivity contribution is 9.10. The Bertz CT molecular complexity index is 1270. The fourth-order valence-corrected chi connectivity index (χ4v) is 4.50. The van der Waals surface area contributed by atoms with Gasteiger partial charge in [0, 0.05) is 10.0 Å². The summed E-state index contributed by atoms with van der Waals surface area (Å²) in [5, 5.41) is 9.82. The third-order valence-electron chi connectivity index (χ3n) is 4.68. The SMILES string of the molecule is Brc1ccccc1-c1nnc(SCc2nc3ccccc3o2)n1Cc1ccccc1. The smallest absolute Gasteiger partial charge is 0.205 e. The minimum atomic E-state index is 0.581. The Morgan fingerprint density at radius 1 is 0.867 bits per heavy atom. The van der Waals surface area contributed by atoms with Crippen molar-refractivity contribution in [1.82, 2.24) is 19.7 Å². The Balaban J connectivity index is 1.48. The molecule has 0 spiro atoms. The van der Waals surface area contributed by atoms with E-state index < -0.39 is 0 Å². The molecule has 2 aromatic heterocycles. The van der Waals surface area contributed by atoms with Gasteiger partial charge in [-0.2, -0.15) is 0 Å². The molecular formula is C23H17BrN4OS. The number of para-hydroxylation sites is 2. The van der Waals surface area contributed by atoms with E-state index in [1.807, 2.05) is 66.7 Å². The summed E-state index contributed by atoms with van der Waals surface area (Å²) in [4.78, 5) is 4.57. The van der Waals surface area contributed by atoms with Gasteiger partial charge in [0.15, 0.2) is 16.6 Å². The van der Waals surface area contributed by atoms with Crippen molar-refractivity contribution in [3.05, 3.63) is 94.8 Å². The fourth-order valence-electron chi connectivity index (χ4n) is 3.25. The lowest BCUT2D eigenvalue weighted by molar-refractivity contribution is 0.555. The van der Waals surface area contributed by atoms with Crippen molar-refractivity contribution in [3.63, 3.8) is 0 Å². The van der Waals surface area contributed by atoms with Gasteiger partial charge in [0.2, 0.25) is 5.89 Å². The summed E-state index contributed by atoms with van der Waals surface area (Å²) in [6, 6.07) is 26.2. The van der Waals surface area contributed by atoms with E-state index >= 15 is 0 Å². The Kier molecular flexibility index (Phi) is 5.38. The lowest BCUT2D eigenvalue weighted by atomic mass is 10.2. The summed E-state index contributed by atoms with van der Waals surface area (Å²) in [7, 11) is 0. The normalized spacial score (nSPS) is 11.2. The Morgan fingerprint density at radius 2 is 1.63 bits per heavy atom. The molecule has 5 nitrogen and oxygen atoms in total. The van der Waals surface area contributed by atoms with Crippen LogP contribution in [0.4, 0.5) is 0 Å². The topological polar surface area (TPSA) is 56.7 Å². The van der Waals surface area contributed by atoms with Gasteiger partial charge in [-0.3, -0.25) is 4.57 Å². The van der Waals surface area contributed by atoms with Gasteiger partial charge in [0.1, 0.15) is 5.52 Å². The Hall–Kier alpha value is -2.90. The van der Waals surface area contributed by atoms with Crippen molar-refractivity contribution in [2.45, 2.75) is 17.5 Å². The molecule has 0 saturated heterocycles. The molecule has 0 amide bonds. The summed E-state index contributed by atoms with van der Waals surface area (Å²) < 4.78 is 8.99. The van der Waals surface area contributed by atoms with Gasteiger partial charge in [-0.15, -0.1) is 10.2 Å². The molecule has 0 aliphatic carbocycles. The minimum absolute atomic E-state index is 0.581.